The van der Waals surface area contributed by atoms with Gasteiger partial charge in [0, 0.05) is 49.9 Å². The van der Waals surface area contributed by atoms with E-state index in [2.05, 4.69) is 15.0 Å². The van der Waals surface area contributed by atoms with Gasteiger partial charge in [0.15, 0.2) is 5.82 Å². The maximum absolute atomic E-state index is 14.1. The molecule has 1 aromatic carbocycles. The van der Waals surface area contributed by atoms with Crippen molar-refractivity contribution in [3.05, 3.63) is 58.4 Å². The third-order valence-corrected chi connectivity index (χ3v) is 5.20. The Labute approximate surface area is 160 Å². The molecule has 4 nitrogen and oxygen atoms in total. The lowest BCUT2D eigenvalue weighted by atomic mass is 10.0. The van der Waals surface area contributed by atoms with Gasteiger partial charge in [-0.2, -0.15) is 13.2 Å². The molecule has 0 radical (unpaired) electrons. The fourth-order valence-electron chi connectivity index (χ4n) is 3.74. The molecule has 2 aliphatic heterocycles. The van der Waals surface area contributed by atoms with Gasteiger partial charge in [0.1, 0.15) is 5.82 Å². The molecule has 1 aromatic heterocycles. The number of aromatic nitrogens is 2. The molecule has 0 bridgehead atoms. The highest BCUT2D eigenvalue weighted by atomic mass is 19.4. The molecule has 0 spiro atoms. The summed E-state index contributed by atoms with van der Waals surface area (Å²) in [7, 11) is 0. The number of benzene rings is 1. The quantitative estimate of drug-likeness (QED) is 0.737. The van der Waals surface area contributed by atoms with Crippen LogP contribution in [0.2, 0.25) is 0 Å². The molecule has 0 fully saturated rings. The van der Waals surface area contributed by atoms with Crippen LogP contribution in [0, 0.1) is 5.82 Å². The van der Waals surface area contributed by atoms with Crippen molar-refractivity contribution >= 4 is 5.71 Å². The van der Waals surface area contributed by atoms with Gasteiger partial charge in [0.05, 0.1) is 17.0 Å². The average Bonchev–Trinajstić information content (AvgIpc) is 2.69. The second kappa shape index (κ2) is 7.58. The molecule has 2 aliphatic rings. The summed E-state index contributed by atoms with van der Waals surface area (Å²) in [5, 5.41) is 0. The van der Waals surface area contributed by atoms with Gasteiger partial charge in [-0.05, 0) is 31.4 Å². The van der Waals surface area contributed by atoms with Crippen LogP contribution < -0.4 is 0 Å². The number of alkyl halides is 3. The van der Waals surface area contributed by atoms with Gasteiger partial charge in [-0.3, -0.25) is 9.89 Å². The van der Waals surface area contributed by atoms with E-state index >= 15 is 0 Å². The topological polar surface area (TPSA) is 41.4 Å². The van der Waals surface area contributed by atoms with Crippen molar-refractivity contribution in [1.82, 2.24) is 14.9 Å². The summed E-state index contributed by atoms with van der Waals surface area (Å²) in [4.78, 5) is 15.3. The van der Waals surface area contributed by atoms with Crippen LogP contribution in [0.5, 0.6) is 0 Å². The zero-order valence-electron chi connectivity index (χ0n) is 15.3. The van der Waals surface area contributed by atoms with E-state index in [-0.39, 0.29) is 12.1 Å². The second-order valence-electron chi connectivity index (χ2n) is 7.18. The van der Waals surface area contributed by atoms with Gasteiger partial charge in [-0.25, -0.2) is 14.4 Å². The first-order chi connectivity index (χ1) is 13.4. The van der Waals surface area contributed by atoms with Crippen molar-refractivity contribution in [2.45, 2.75) is 44.9 Å². The van der Waals surface area contributed by atoms with Gasteiger partial charge < -0.3 is 0 Å². The van der Waals surface area contributed by atoms with E-state index in [4.69, 9.17) is 0 Å². The smallest absolute Gasteiger partial charge is 0.294 e. The zero-order chi connectivity index (χ0) is 19.7. The summed E-state index contributed by atoms with van der Waals surface area (Å²) in [6.07, 6.45) is 0.778. The largest absolute Gasteiger partial charge is 0.416 e. The maximum Gasteiger partial charge on any atom is 0.416 e. The van der Waals surface area contributed by atoms with Crippen LogP contribution in [0.15, 0.2) is 29.4 Å². The Morgan fingerprint density at radius 3 is 2.71 bits per heavy atom. The SMILES string of the molecule is Fc1cccc(C(F)(F)F)c1CN1CCc2nc(C3=NCCCC3)ncc2C1. The zero-order valence-corrected chi connectivity index (χ0v) is 15.3. The fourth-order valence-corrected chi connectivity index (χ4v) is 3.74. The van der Waals surface area contributed by atoms with Crippen LogP contribution in [-0.2, 0) is 25.7 Å². The minimum absolute atomic E-state index is 0.102. The second-order valence-corrected chi connectivity index (χ2v) is 7.18. The molecule has 0 saturated heterocycles. The van der Waals surface area contributed by atoms with Gasteiger partial charge >= 0.3 is 6.18 Å². The highest BCUT2D eigenvalue weighted by Gasteiger charge is 2.35. The highest BCUT2D eigenvalue weighted by molar-refractivity contribution is 5.97. The fraction of sp³-hybridized carbons (Fsp3) is 0.450. The van der Waals surface area contributed by atoms with E-state index in [0.29, 0.717) is 25.3 Å². The molecular weight excluding hydrogens is 372 g/mol. The van der Waals surface area contributed by atoms with Crippen molar-refractivity contribution in [2.24, 2.45) is 4.99 Å². The van der Waals surface area contributed by atoms with Crippen LogP contribution in [-0.4, -0.2) is 33.7 Å². The summed E-state index contributed by atoms with van der Waals surface area (Å²) >= 11 is 0. The summed E-state index contributed by atoms with van der Waals surface area (Å²) in [5.74, 6) is -0.178. The Balaban J connectivity index is 1.53. The average molecular weight is 392 g/mol. The van der Waals surface area contributed by atoms with E-state index < -0.39 is 17.6 Å². The summed E-state index contributed by atoms with van der Waals surface area (Å²) in [6.45, 7) is 1.61. The monoisotopic (exact) mass is 392 g/mol. The molecular formula is C20H20F4N4. The van der Waals surface area contributed by atoms with E-state index in [1.54, 1.807) is 11.1 Å². The Morgan fingerprint density at radius 1 is 1.11 bits per heavy atom. The van der Waals surface area contributed by atoms with Gasteiger partial charge in [0.2, 0.25) is 0 Å². The lowest BCUT2D eigenvalue weighted by Gasteiger charge is -2.29. The van der Waals surface area contributed by atoms with Crippen molar-refractivity contribution in [1.29, 1.82) is 0 Å². The molecule has 0 amide bonds. The number of fused-ring (bicyclic) bond motifs is 1. The molecule has 0 unspecified atom stereocenters. The molecule has 4 rings (SSSR count). The predicted octanol–water partition coefficient (Wildman–Crippen LogP) is 4.17. The van der Waals surface area contributed by atoms with Crippen molar-refractivity contribution in [2.75, 3.05) is 13.1 Å². The minimum atomic E-state index is -4.58. The van der Waals surface area contributed by atoms with Gasteiger partial charge in [-0.1, -0.05) is 6.07 Å². The molecule has 3 heterocycles. The number of aliphatic imine (C=N–C) groups is 1. The third kappa shape index (κ3) is 3.92. The molecule has 0 atom stereocenters. The first kappa shape index (κ1) is 19.0. The number of nitrogens with zero attached hydrogens (tertiary/aromatic N) is 4. The Bertz CT molecular complexity index is 908. The first-order valence-corrected chi connectivity index (χ1v) is 9.37. The van der Waals surface area contributed by atoms with E-state index in [1.807, 2.05) is 0 Å². The summed E-state index contributed by atoms with van der Waals surface area (Å²) in [5.41, 5.74) is 1.47. The standard InChI is InChI=1S/C20H20F4N4/c21-16-5-3-4-15(20(22,23)24)14(16)12-28-9-7-17-13(11-28)10-26-19(27-17)18-6-1-2-8-25-18/h3-5,10H,1-2,6-9,11-12H2. The molecule has 8 heteroatoms. The van der Waals surface area contributed by atoms with Crippen LogP contribution in [0.25, 0.3) is 0 Å². The van der Waals surface area contributed by atoms with E-state index in [0.717, 1.165) is 61.0 Å². The lowest BCUT2D eigenvalue weighted by Crippen LogP contribution is -2.32. The highest BCUT2D eigenvalue weighted by Crippen LogP contribution is 2.34. The minimum Gasteiger partial charge on any atom is -0.294 e. The molecule has 0 saturated carbocycles. The molecule has 0 N–H and O–H groups in total. The summed E-state index contributed by atoms with van der Waals surface area (Å²) in [6, 6.07) is 3.09. The normalized spacial score (nSPS) is 17.9. The summed E-state index contributed by atoms with van der Waals surface area (Å²) < 4.78 is 53.8. The van der Waals surface area contributed by atoms with Crippen molar-refractivity contribution in [3.63, 3.8) is 0 Å². The van der Waals surface area contributed by atoms with E-state index in [1.165, 1.54) is 0 Å². The Kier molecular flexibility index (Phi) is 5.14. The van der Waals surface area contributed by atoms with Crippen LogP contribution in [0.1, 0.15) is 47.5 Å². The van der Waals surface area contributed by atoms with Crippen molar-refractivity contribution in [3.8, 4) is 0 Å². The third-order valence-electron chi connectivity index (χ3n) is 5.20. The molecule has 2 aromatic rings. The van der Waals surface area contributed by atoms with Gasteiger partial charge in [0.25, 0.3) is 0 Å². The maximum atomic E-state index is 14.1. The lowest BCUT2D eigenvalue weighted by molar-refractivity contribution is -0.138. The first-order valence-electron chi connectivity index (χ1n) is 9.37. The number of halogens is 4. The predicted molar refractivity (Wildman–Crippen MR) is 96.5 cm³/mol. The number of hydrogen-bond donors (Lipinski definition) is 0. The molecule has 148 valence electrons. The number of hydrogen-bond acceptors (Lipinski definition) is 4. The van der Waals surface area contributed by atoms with Crippen LogP contribution in [0.3, 0.4) is 0 Å². The molecule has 28 heavy (non-hydrogen) atoms. The van der Waals surface area contributed by atoms with Gasteiger partial charge in [-0.15, -0.1) is 0 Å². The number of rotatable bonds is 3. The molecule has 0 aliphatic carbocycles. The van der Waals surface area contributed by atoms with Crippen LogP contribution >= 0.6 is 0 Å². The van der Waals surface area contributed by atoms with E-state index in [9.17, 15) is 17.6 Å². The Morgan fingerprint density at radius 2 is 1.96 bits per heavy atom. The van der Waals surface area contributed by atoms with Crippen LogP contribution in [0.4, 0.5) is 17.6 Å². The van der Waals surface area contributed by atoms with Crippen molar-refractivity contribution < 1.29 is 17.6 Å². The Hall–Kier alpha value is -2.35.